The van der Waals surface area contributed by atoms with E-state index in [4.69, 9.17) is 63.7 Å². The molecule has 0 radical (unpaired) electrons. The second kappa shape index (κ2) is 22.6. The fourth-order valence-electron chi connectivity index (χ4n) is 5.36. The highest BCUT2D eigenvalue weighted by Gasteiger charge is 2.27. The summed E-state index contributed by atoms with van der Waals surface area (Å²) in [7, 11) is 0. The maximum Gasteiger partial charge on any atom is 0.236 e. The van der Waals surface area contributed by atoms with Gasteiger partial charge in [0.1, 0.15) is 18.1 Å². The van der Waals surface area contributed by atoms with E-state index in [2.05, 4.69) is 10.6 Å². The van der Waals surface area contributed by atoms with Gasteiger partial charge in [0.25, 0.3) is 0 Å². The molecule has 0 heterocycles. The second-order valence-electron chi connectivity index (χ2n) is 12.8. The van der Waals surface area contributed by atoms with Gasteiger partial charge in [-0.15, -0.1) is 11.6 Å². The maximum absolute atomic E-state index is 11.9. The van der Waals surface area contributed by atoms with E-state index in [0.29, 0.717) is 32.9 Å². The lowest BCUT2D eigenvalue weighted by Crippen LogP contribution is -2.52. The number of amides is 2. The molecule has 0 aliphatic carbocycles. The van der Waals surface area contributed by atoms with Gasteiger partial charge < -0.3 is 36.8 Å². The third-order valence-corrected chi connectivity index (χ3v) is 9.35. The molecule has 0 fully saturated rings. The number of carbonyl (C=O) groups is 2. The standard InChI is InChI=1S/C20H24Cl2N2O3.C19H20Cl3NO3.CH4/c1-11(23)20(27)24-18(19(26)12(2)25)7-13-3-5-14(6-4-13)15-8-16(21)10-17(22)9-15;1-11(24)19(26)17(23-18(25)10-20)6-12-2-4-13(5-3-12)14-7-15(21)9-16(22)8-14;/h3-6,8-12,18-19,25-26H,7,23H2,1-2H3,(H,24,27);2-5,7-9,11,17,19,24,26H,6,10H2,1H3,(H,23,25);1H4/t11-,12?,18?,19?;;/m0../s1. The number of aliphatic hydroxyl groups is 4. The number of nitrogens with one attached hydrogen (secondary N) is 2. The fraction of sp³-hybridized carbons (Fsp3) is 0.350. The van der Waals surface area contributed by atoms with E-state index < -0.39 is 48.4 Å². The Morgan fingerprint density at radius 3 is 1.22 bits per heavy atom. The molecule has 14 heteroatoms. The zero-order valence-corrected chi connectivity index (χ0v) is 33.1. The summed E-state index contributed by atoms with van der Waals surface area (Å²) in [4.78, 5) is 23.5. The third-order valence-electron chi connectivity index (χ3n) is 8.23. The summed E-state index contributed by atoms with van der Waals surface area (Å²) >= 11 is 29.7. The molecule has 0 saturated heterocycles. The number of hydrogen-bond donors (Lipinski definition) is 7. The van der Waals surface area contributed by atoms with E-state index in [9.17, 15) is 30.0 Å². The van der Waals surface area contributed by atoms with Crippen molar-refractivity contribution in [3.05, 3.63) is 116 Å². The van der Waals surface area contributed by atoms with Crippen LogP contribution in [0.15, 0.2) is 84.9 Å². The van der Waals surface area contributed by atoms with E-state index in [1.54, 1.807) is 19.1 Å². The van der Waals surface area contributed by atoms with Crippen LogP contribution in [0, 0.1) is 0 Å². The highest BCUT2D eigenvalue weighted by atomic mass is 35.5. The maximum atomic E-state index is 11.9. The van der Waals surface area contributed by atoms with Gasteiger partial charge >= 0.3 is 0 Å². The van der Waals surface area contributed by atoms with Crippen molar-refractivity contribution >= 4 is 69.8 Å². The van der Waals surface area contributed by atoms with Crippen molar-refractivity contribution in [1.29, 1.82) is 0 Å². The van der Waals surface area contributed by atoms with Gasteiger partial charge in [-0.2, -0.15) is 0 Å². The number of hydrogen-bond acceptors (Lipinski definition) is 7. The second-order valence-corrected chi connectivity index (χ2v) is 14.8. The van der Waals surface area contributed by atoms with Gasteiger partial charge in [0, 0.05) is 20.1 Å². The Hall–Kier alpha value is -2.93. The molecular weight excluding hydrogens is 796 g/mol. The van der Waals surface area contributed by atoms with Gasteiger partial charge in [0.05, 0.1) is 30.3 Å². The van der Waals surface area contributed by atoms with Crippen LogP contribution in [-0.4, -0.2) is 80.7 Å². The summed E-state index contributed by atoms with van der Waals surface area (Å²) in [6.45, 7) is 4.50. The SMILES string of the molecule is C.CC(O)C(O)C(Cc1ccc(-c2cc(Cl)cc(Cl)c2)cc1)NC(=O)CCl.CC(O)C(O)C(Cc1ccc(-c2cc(Cl)cc(Cl)c2)cc1)NC(=O)[C@H](C)N. The predicted octanol–water partition coefficient (Wildman–Crippen LogP) is 7.08. The number of rotatable bonds is 14. The summed E-state index contributed by atoms with van der Waals surface area (Å²) < 4.78 is 0. The van der Waals surface area contributed by atoms with Crippen LogP contribution in [0.4, 0.5) is 0 Å². The molecule has 294 valence electrons. The van der Waals surface area contributed by atoms with E-state index in [1.807, 2.05) is 72.8 Å². The lowest BCUT2D eigenvalue weighted by molar-refractivity contribution is -0.124. The molecule has 4 rings (SSSR count). The summed E-state index contributed by atoms with van der Waals surface area (Å²) in [6, 6.07) is 23.8. The smallest absolute Gasteiger partial charge is 0.236 e. The highest BCUT2D eigenvalue weighted by Crippen LogP contribution is 2.29. The normalized spacial score (nSPS) is 14.8. The van der Waals surface area contributed by atoms with Gasteiger partial charge in [0.2, 0.25) is 11.8 Å². The average molecular weight is 844 g/mol. The number of aliphatic hydroxyl groups excluding tert-OH is 4. The molecular formula is C40H48Cl5N3O6. The molecule has 4 aromatic rings. The van der Waals surface area contributed by atoms with Gasteiger partial charge in [-0.3, -0.25) is 9.59 Å². The van der Waals surface area contributed by atoms with Crippen LogP contribution >= 0.6 is 58.0 Å². The third kappa shape index (κ3) is 15.0. The fourth-order valence-corrected chi connectivity index (χ4v) is 6.49. The van der Waals surface area contributed by atoms with Crippen LogP contribution in [0.5, 0.6) is 0 Å². The monoisotopic (exact) mass is 841 g/mol. The zero-order chi connectivity index (χ0) is 39.4. The van der Waals surface area contributed by atoms with E-state index in [1.165, 1.54) is 13.8 Å². The van der Waals surface area contributed by atoms with Gasteiger partial charge in [-0.25, -0.2) is 0 Å². The Bertz CT molecular complexity index is 1750. The Balaban J connectivity index is 0.000000367. The van der Waals surface area contributed by atoms with Crippen LogP contribution in [-0.2, 0) is 22.4 Å². The van der Waals surface area contributed by atoms with Crippen LogP contribution in [0.25, 0.3) is 22.3 Å². The molecule has 8 N–H and O–H groups in total. The molecule has 7 atom stereocenters. The summed E-state index contributed by atoms with van der Waals surface area (Å²) in [5, 5.41) is 47.3. The first kappa shape index (κ1) is 47.2. The van der Waals surface area contributed by atoms with E-state index in [-0.39, 0.29) is 19.2 Å². The molecule has 54 heavy (non-hydrogen) atoms. The number of benzene rings is 4. The van der Waals surface area contributed by atoms with Crippen molar-refractivity contribution in [2.45, 2.75) is 83.6 Å². The van der Waals surface area contributed by atoms with Crippen LogP contribution in [0.1, 0.15) is 39.3 Å². The minimum absolute atomic E-state index is 0. The van der Waals surface area contributed by atoms with Crippen molar-refractivity contribution < 1.29 is 30.0 Å². The molecule has 4 aromatic carbocycles. The predicted molar refractivity (Wildman–Crippen MR) is 222 cm³/mol. The lowest BCUT2D eigenvalue weighted by Gasteiger charge is -2.27. The minimum Gasteiger partial charge on any atom is -0.391 e. The molecule has 2 amide bonds. The van der Waals surface area contributed by atoms with Crippen LogP contribution < -0.4 is 16.4 Å². The van der Waals surface area contributed by atoms with Crippen LogP contribution in [0.3, 0.4) is 0 Å². The van der Waals surface area contributed by atoms with Crippen molar-refractivity contribution in [3.8, 4) is 22.3 Å². The molecule has 0 spiro atoms. The van der Waals surface area contributed by atoms with Crippen LogP contribution in [0.2, 0.25) is 20.1 Å². The number of nitrogens with two attached hydrogens (primary N) is 1. The Labute approximate surface area is 342 Å². The van der Waals surface area contributed by atoms with Gasteiger partial charge in [-0.1, -0.05) is 102 Å². The first-order chi connectivity index (χ1) is 25.0. The topological polar surface area (TPSA) is 165 Å². The van der Waals surface area contributed by atoms with E-state index >= 15 is 0 Å². The minimum atomic E-state index is -1.11. The van der Waals surface area contributed by atoms with Crippen molar-refractivity contribution in [1.82, 2.24) is 10.6 Å². The van der Waals surface area contributed by atoms with Crippen molar-refractivity contribution in [3.63, 3.8) is 0 Å². The number of alkyl halides is 1. The highest BCUT2D eigenvalue weighted by molar-refractivity contribution is 6.35. The molecule has 0 bridgehead atoms. The van der Waals surface area contributed by atoms with Gasteiger partial charge in [-0.05, 0) is 103 Å². The first-order valence-corrected chi connectivity index (χ1v) is 18.8. The van der Waals surface area contributed by atoms with Crippen molar-refractivity contribution in [2.24, 2.45) is 5.73 Å². The molecule has 0 saturated carbocycles. The molecule has 6 unspecified atom stereocenters. The quantitative estimate of drug-likeness (QED) is 0.0667. The Kier molecular flexibility index (Phi) is 19.7. The molecule has 9 nitrogen and oxygen atoms in total. The van der Waals surface area contributed by atoms with Crippen molar-refractivity contribution in [2.75, 3.05) is 5.88 Å². The summed E-state index contributed by atoms with van der Waals surface area (Å²) in [5.74, 6) is -0.997. The molecule has 0 aromatic heterocycles. The Morgan fingerprint density at radius 1 is 0.593 bits per heavy atom. The lowest BCUT2D eigenvalue weighted by atomic mass is 9.96. The average Bonchev–Trinajstić information content (AvgIpc) is 3.10. The summed E-state index contributed by atoms with van der Waals surface area (Å²) in [5.41, 5.74) is 11.0. The number of carbonyl (C=O) groups excluding carboxylic acids is 2. The Morgan fingerprint density at radius 2 is 0.926 bits per heavy atom. The largest absolute Gasteiger partial charge is 0.391 e. The molecule has 0 aliphatic rings. The van der Waals surface area contributed by atoms with Gasteiger partial charge in [0.15, 0.2) is 0 Å². The van der Waals surface area contributed by atoms with E-state index in [0.717, 1.165) is 33.4 Å². The zero-order valence-electron chi connectivity index (χ0n) is 29.3. The number of halogens is 5. The summed E-state index contributed by atoms with van der Waals surface area (Å²) in [6.07, 6.45) is -3.49. The first-order valence-electron chi connectivity index (χ1n) is 16.7. The molecule has 0 aliphatic heterocycles.